The van der Waals surface area contributed by atoms with Gasteiger partial charge in [0, 0.05) is 11.8 Å². The molecule has 160 valence electrons. The Kier molecular flexibility index (Phi) is 7.02. The van der Waals surface area contributed by atoms with Crippen LogP contribution in [-0.4, -0.2) is 26.2 Å². The Balaban J connectivity index is 1.31. The van der Waals surface area contributed by atoms with E-state index in [4.69, 9.17) is 9.47 Å². The lowest BCUT2D eigenvalue weighted by atomic mass is 9.76. The van der Waals surface area contributed by atoms with Gasteiger partial charge in [-0.2, -0.15) is 0 Å². The second-order valence-corrected chi connectivity index (χ2v) is 9.30. The fourth-order valence-corrected chi connectivity index (χ4v) is 5.42. The molecule has 0 amide bonds. The predicted molar refractivity (Wildman–Crippen MR) is 111 cm³/mol. The number of halogens is 2. The lowest BCUT2D eigenvalue weighted by Gasteiger charge is -2.37. The summed E-state index contributed by atoms with van der Waals surface area (Å²) in [4.78, 5) is 0. The zero-order chi connectivity index (χ0) is 20.2. The average Bonchev–Trinajstić information content (AvgIpc) is 2.79. The van der Waals surface area contributed by atoms with Gasteiger partial charge in [0.15, 0.2) is 6.29 Å². The Bertz CT molecular complexity index is 667. The molecule has 1 aromatic carbocycles. The molecule has 3 fully saturated rings. The molecule has 2 nitrogen and oxygen atoms in total. The molecule has 1 saturated heterocycles. The van der Waals surface area contributed by atoms with Gasteiger partial charge >= 0.3 is 0 Å². The molecule has 1 heterocycles. The van der Waals surface area contributed by atoms with Gasteiger partial charge in [-0.15, -0.1) is 6.58 Å². The highest BCUT2D eigenvalue weighted by Gasteiger charge is 2.33. The van der Waals surface area contributed by atoms with E-state index in [1.807, 2.05) is 12.1 Å². The van der Waals surface area contributed by atoms with Crippen molar-refractivity contribution in [2.75, 3.05) is 19.9 Å². The maximum Gasteiger partial charge on any atom is 0.160 e. The van der Waals surface area contributed by atoms with Crippen molar-refractivity contribution in [1.29, 1.82) is 0 Å². The molecule has 0 atom stereocenters. The SMILES string of the molecule is C=CC1COC(C2CCC(c3ccc(C4CCC(CF)CC4)c(F)c3)CC2)OC1. The van der Waals surface area contributed by atoms with E-state index in [-0.39, 0.29) is 30.6 Å². The smallest absolute Gasteiger partial charge is 0.160 e. The van der Waals surface area contributed by atoms with Crippen LogP contribution < -0.4 is 0 Å². The van der Waals surface area contributed by atoms with E-state index in [1.54, 1.807) is 6.07 Å². The molecule has 4 heteroatoms. The van der Waals surface area contributed by atoms with E-state index in [2.05, 4.69) is 12.6 Å². The van der Waals surface area contributed by atoms with E-state index in [1.165, 1.54) is 0 Å². The Morgan fingerprint density at radius 2 is 1.59 bits per heavy atom. The lowest BCUT2D eigenvalue weighted by Crippen LogP contribution is -2.37. The van der Waals surface area contributed by atoms with Crippen LogP contribution in [0.4, 0.5) is 8.78 Å². The van der Waals surface area contributed by atoms with Crippen molar-refractivity contribution in [1.82, 2.24) is 0 Å². The van der Waals surface area contributed by atoms with E-state index in [9.17, 15) is 8.78 Å². The van der Waals surface area contributed by atoms with Crippen LogP contribution in [0.2, 0.25) is 0 Å². The first-order valence-corrected chi connectivity index (χ1v) is 11.4. The van der Waals surface area contributed by atoms with Gasteiger partial charge in [0.2, 0.25) is 0 Å². The van der Waals surface area contributed by atoms with Gasteiger partial charge in [0.25, 0.3) is 0 Å². The molecule has 3 aliphatic rings. The lowest BCUT2D eigenvalue weighted by molar-refractivity contribution is -0.222. The summed E-state index contributed by atoms with van der Waals surface area (Å²) < 4.78 is 39.5. The average molecular weight is 405 g/mol. The Hall–Kier alpha value is -1.26. The third-order valence-corrected chi connectivity index (χ3v) is 7.44. The van der Waals surface area contributed by atoms with Crippen molar-refractivity contribution in [2.24, 2.45) is 17.8 Å². The highest BCUT2D eigenvalue weighted by Crippen LogP contribution is 2.41. The van der Waals surface area contributed by atoms with E-state index in [0.717, 1.165) is 62.5 Å². The number of ether oxygens (including phenoxy) is 2. The maximum atomic E-state index is 14.9. The van der Waals surface area contributed by atoms with Gasteiger partial charge in [0.1, 0.15) is 5.82 Å². The standard InChI is InChI=1S/C25H34F2O2/c1-2-17-15-28-25(29-16-17)21-9-7-19(8-10-21)22-11-12-23(24(27)13-22)20-5-3-18(14-26)4-6-20/h2,11-13,17-21,25H,1,3-10,14-16H2. The molecule has 2 saturated carbocycles. The van der Waals surface area contributed by atoms with Crippen molar-refractivity contribution in [2.45, 2.75) is 69.5 Å². The first-order chi connectivity index (χ1) is 14.2. The Labute approximate surface area is 173 Å². The number of alkyl halides is 1. The van der Waals surface area contributed by atoms with Crippen LogP contribution in [0.15, 0.2) is 30.9 Å². The van der Waals surface area contributed by atoms with Gasteiger partial charge < -0.3 is 9.47 Å². The van der Waals surface area contributed by atoms with Crippen molar-refractivity contribution in [3.05, 3.63) is 47.8 Å². The fourth-order valence-electron chi connectivity index (χ4n) is 5.42. The highest BCUT2D eigenvalue weighted by molar-refractivity contribution is 5.30. The minimum absolute atomic E-state index is 0.0669. The molecule has 0 N–H and O–H groups in total. The minimum Gasteiger partial charge on any atom is -0.352 e. The molecular formula is C25H34F2O2. The van der Waals surface area contributed by atoms with Crippen LogP contribution in [0.1, 0.15) is 74.3 Å². The topological polar surface area (TPSA) is 18.5 Å². The van der Waals surface area contributed by atoms with Crippen LogP contribution >= 0.6 is 0 Å². The normalized spacial score (nSPS) is 35.9. The molecule has 1 aromatic rings. The molecule has 0 bridgehead atoms. The molecule has 1 aliphatic heterocycles. The van der Waals surface area contributed by atoms with Gasteiger partial charge in [-0.05, 0) is 86.3 Å². The molecule has 29 heavy (non-hydrogen) atoms. The summed E-state index contributed by atoms with van der Waals surface area (Å²) in [5.41, 5.74) is 1.96. The summed E-state index contributed by atoms with van der Waals surface area (Å²) in [6.07, 6.45) is 9.61. The van der Waals surface area contributed by atoms with Gasteiger partial charge in [-0.25, -0.2) is 4.39 Å². The Morgan fingerprint density at radius 1 is 0.931 bits per heavy atom. The first-order valence-electron chi connectivity index (χ1n) is 11.4. The summed E-state index contributed by atoms with van der Waals surface area (Å²) in [5.74, 6) is 1.53. The van der Waals surface area contributed by atoms with Crippen LogP contribution in [0.25, 0.3) is 0 Å². The van der Waals surface area contributed by atoms with Crippen molar-refractivity contribution >= 4 is 0 Å². The largest absolute Gasteiger partial charge is 0.352 e. The van der Waals surface area contributed by atoms with Crippen LogP contribution in [0.5, 0.6) is 0 Å². The third-order valence-electron chi connectivity index (χ3n) is 7.44. The zero-order valence-corrected chi connectivity index (χ0v) is 17.3. The second-order valence-electron chi connectivity index (χ2n) is 9.30. The summed E-state index contributed by atoms with van der Waals surface area (Å²) in [6.45, 7) is 4.98. The molecule has 2 aliphatic carbocycles. The molecular weight excluding hydrogens is 370 g/mol. The highest BCUT2D eigenvalue weighted by atomic mass is 19.1. The summed E-state index contributed by atoms with van der Waals surface area (Å²) >= 11 is 0. The number of hydrogen-bond donors (Lipinski definition) is 0. The third kappa shape index (κ3) is 4.91. The molecule has 0 aromatic heterocycles. The monoisotopic (exact) mass is 404 g/mol. The zero-order valence-electron chi connectivity index (χ0n) is 17.3. The molecule has 0 unspecified atom stereocenters. The minimum atomic E-state index is -0.234. The van der Waals surface area contributed by atoms with Crippen molar-refractivity contribution < 1.29 is 18.3 Å². The number of benzene rings is 1. The van der Waals surface area contributed by atoms with Crippen LogP contribution in [-0.2, 0) is 9.47 Å². The molecule has 0 spiro atoms. The Morgan fingerprint density at radius 3 is 2.17 bits per heavy atom. The first kappa shape index (κ1) is 21.0. The quantitative estimate of drug-likeness (QED) is 0.520. The van der Waals surface area contributed by atoms with Gasteiger partial charge in [-0.3, -0.25) is 4.39 Å². The van der Waals surface area contributed by atoms with Gasteiger partial charge in [0.05, 0.1) is 19.9 Å². The van der Waals surface area contributed by atoms with Crippen molar-refractivity contribution in [3.8, 4) is 0 Å². The summed E-state index contributed by atoms with van der Waals surface area (Å²) in [7, 11) is 0. The molecule has 4 rings (SSSR count). The van der Waals surface area contributed by atoms with E-state index < -0.39 is 0 Å². The van der Waals surface area contributed by atoms with Crippen molar-refractivity contribution in [3.63, 3.8) is 0 Å². The van der Waals surface area contributed by atoms with Crippen LogP contribution in [0, 0.1) is 23.6 Å². The number of rotatable bonds is 5. The molecule has 0 radical (unpaired) electrons. The summed E-state index contributed by atoms with van der Waals surface area (Å²) in [6, 6.07) is 5.90. The number of hydrogen-bond acceptors (Lipinski definition) is 2. The van der Waals surface area contributed by atoms with Crippen LogP contribution in [0.3, 0.4) is 0 Å². The second kappa shape index (κ2) is 9.70. The van der Waals surface area contributed by atoms with E-state index >= 15 is 0 Å². The fraction of sp³-hybridized carbons (Fsp3) is 0.680. The maximum absolute atomic E-state index is 14.9. The summed E-state index contributed by atoms with van der Waals surface area (Å²) in [5, 5.41) is 0. The van der Waals surface area contributed by atoms with E-state index in [0.29, 0.717) is 31.0 Å². The predicted octanol–water partition coefficient (Wildman–Crippen LogP) is 6.52. The van der Waals surface area contributed by atoms with Gasteiger partial charge in [-0.1, -0.05) is 18.2 Å².